The van der Waals surface area contributed by atoms with Crippen LogP contribution in [0.1, 0.15) is 50.7 Å². The molecule has 3 rings (SSSR count). The number of nitrogens with zero attached hydrogens (tertiary/aromatic N) is 2. The molecule has 0 aliphatic carbocycles. The standard InChI is InChI=1S/C23H36N4O2/c1-4-18(5-2)22(28)27-13-9-20(10-14-27)26-23(24-3)25-12-8-17-6-7-21-19(16-17)11-15-29-21/h6-7,16,18,20H,4-5,8-15H2,1-3H3,(H2,24,25,26). The van der Waals surface area contributed by atoms with Gasteiger partial charge in [0.25, 0.3) is 0 Å². The van der Waals surface area contributed by atoms with E-state index in [2.05, 4.69) is 47.7 Å². The number of rotatable bonds is 7. The molecular formula is C23H36N4O2. The molecule has 160 valence electrons. The Labute approximate surface area is 175 Å². The van der Waals surface area contributed by atoms with Gasteiger partial charge < -0.3 is 20.3 Å². The average Bonchev–Trinajstić information content (AvgIpc) is 3.22. The normalized spacial score (nSPS) is 17.2. The molecule has 6 nitrogen and oxygen atoms in total. The Morgan fingerprint density at radius 2 is 2.03 bits per heavy atom. The second-order valence-corrected chi connectivity index (χ2v) is 8.05. The third-order valence-electron chi connectivity index (χ3n) is 6.17. The van der Waals surface area contributed by atoms with Gasteiger partial charge in [0.2, 0.25) is 5.91 Å². The predicted octanol–water partition coefficient (Wildman–Crippen LogP) is 2.76. The van der Waals surface area contributed by atoms with Gasteiger partial charge in [0, 0.05) is 45.1 Å². The average molecular weight is 401 g/mol. The van der Waals surface area contributed by atoms with Gasteiger partial charge in [-0.3, -0.25) is 9.79 Å². The van der Waals surface area contributed by atoms with Crippen LogP contribution in [0, 0.1) is 5.92 Å². The number of benzene rings is 1. The SMILES string of the molecule is CCC(CC)C(=O)N1CCC(NC(=NC)NCCc2ccc3c(c2)CCO3)CC1. The molecule has 2 N–H and O–H groups in total. The predicted molar refractivity (Wildman–Crippen MR) is 118 cm³/mol. The zero-order valence-electron chi connectivity index (χ0n) is 18.2. The first kappa shape index (κ1) is 21.5. The smallest absolute Gasteiger partial charge is 0.225 e. The number of amides is 1. The highest BCUT2D eigenvalue weighted by molar-refractivity contribution is 5.80. The van der Waals surface area contributed by atoms with Crippen LogP contribution in [0.2, 0.25) is 0 Å². The molecule has 0 radical (unpaired) electrons. The molecule has 0 aromatic heterocycles. The summed E-state index contributed by atoms with van der Waals surface area (Å²) >= 11 is 0. The van der Waals surface area contributed by atoms with Crippen molar-refractivity contribution in [1.82, 2.24) is 15.5 Å². The van der Waals surface area contributed by atoms with Gasteiger partial charge in [-0.25, -0.2) is 0 Å². The summed E-state index contributed by atoms with van der Waals surface area (Å²) in [6, 6.07) is 6.85. The summed E-state index contributed by atoms with van der Waals surface area (Å²) in [5.41, 5.74) is 2.64. The Hall–Kier alpha value is -2.24. The lowest BCUT2D eigenvalue weighted by Gasteiger charge is -2.34. The van der Waals surface area contributed by atoms with Crippen molar-refractivity contribution in [3.05, 3.63) is 29.3 Å². The largest absolute Gasteiger partial charge is 0.493 e. The maximum absolute atomic E-state index is 12.6. The fourth-order valence-electron chi connectivity index (χ4n) is 4.25. The van der Waals surface area contributed by atoms with Crippen LogP contribution in [0.4, 0.5) is 0 Å². The number of aliphatic imine (C=N–C) groups is 1. The number of carbonyl (C=O) groups excluding carboxylic acids is 1. The van der Waals surface area contributed by atoms with Crippen LogP contribution in [0.15, 0.2) is 23.2 Å². The van der Waals surface area contributed by atoms with Crippen molar-refractivity contribution in [2.45, 2.75) is 58.4 Å². The van der Waals surface area contributed by atoms with Crippen molar-refractivity contribution >= 4 is 11.9 Å². The molecule has 1 aromatic carbocycles. The molecule has 29 heavy (non-hydrogen) atoms. The van der Waals surface area contributed by atoms with Gasteiger partial charge in [-0.1, -0.05) is 26.0 Å². The molecule has 1 fully saturated rings. The number of nitrogens with one attached hydrogen (secondary N) is 2. The van der Waals surface area contributed by atoms with Crippen molar-refractivity contribution in [2.24, 2.45) is 10.9 Å². The lowest BCUT2D eigenvalue weighted by atomic mass is 9.98. The molecule has 6 heteroatoms. The van der Waals surface area contributed by atoms with Crippen molar-refractivity contribution < 1.29 is 9.53 Å². The van der Waals surface area contributed by atoms with E-state index in [0.29, 0.717) is 11.9 Å². The molecule has 1 saturated heterocycles. The summed E-state index contributed by atoms with van der Waals surface area (Å²) in [5.74, 6) is 2.39. The zero-order chi connectivity index (χ0) is 20.6. The Kier molecular flexibility index (Phi) is 7.78. The van der Waals surface area contributed by atoms with Crippen molar-refractivity contribution in [3.8, 4) is 5.75 Å². The summed E-state index contributed by atoms with van der Waals surface area (Å²) in [6.07, 6.45) is 5.77. The number of fused-ring (bicyclic) bond motifs is 1. The van der Waals surface area contributed by atoms with Crippen LogP contribution in [-0.2, 0) is 17.6 Å². The Morgan fingerprint density at radius 1 is 1.28 bits per heavy atom. The maximum Gasteiger partial charge on any atom is 0.225 e. The third kappa shape index (κ3) is 5.64. The first-order valence-electron chi connectivity index (χ1n) is 11.1. The fraction of sp³-hybridized carbons (Fsp3) is 0.652. The highest BCUT2D eigenvalue weighted by Crippen LogP contribution is 2.25. The number of ether oxygens (including phenoxy) is 1. The molecule has 0 spiro atoms. The second kappa shape index (κ2) is 10.5. The van der Waals surface area contributed by atoms with E-state index in [-0.39, 0.29) is 5.92 Å². The highest BCUT2D eigenvalue weighted by atomic mass is 16.5. The highest BCUT2D eigenvalue weighted by Gasteiger charge is 2.26. The van der Waals surface area contributed by atoms with Crippen LogP contribution in [-0.4, -0.2) is 56.1 Å². The molecule has 0 atom stereocenters. The quantitative estimate of drug-likeness (QED) is 0.546. The van der Waals surface area contributed by atoms with E-state index >= 15 is 0 Å². The molecule has 1 amide bonds. The molecule has 2 aliphatic rings. The van der Waals surface area contributed by atoms with E-state index in [1.54, 1.807) is 0 Å². The minimum absolute atomic E-state index is 0.180. The van der Waals surface area contributed by atoms with Crippen LogP contribution in [0.3, 0.4) is 0 Å². The van der Waals surface area contributed by atoms with Crippen LogP contribution >= 0.6 is 0 Å². The number of carbonyl (C=O) groups is 1. The van der Waals surface area contributed by atoms with Crippen molar-refractivity contribution in [2.75, 3.05) is 33.3 Å². The van der Waals surface area contributed by atoms with Gasteiger partial charge in [0.15, 0.2) is 5.96 Å². The van der Waals surface area contributed by atoms with Gasteiger partial charge in [0.05, 0.1) is 6.61 Å². The molecule has 0 bridgehead atoms. The van der Waals surface area contributed by atoms with Gasteiger partial charge >= 0.3 is 0 Å². The van der Waals surface area contributed by atoms with E-state index in [9.17, 15) is 4.79 Å². The summed E-state index contributed by atoms with van der Waals surface area (Å²) < 4.78 is 5.58. The number of guanidine groups is 1. The Balaban J connectivity index is 1.40. The molecular weight excluding hydrogens is 364 g/mol. The van der Waals surface area contributed by atoms with Crippen LogP contribution in [0.5, 0.6) is 5.75 Å². The lowest BCUT2D eigenvalue weighted by molar-refractivity contribution is -0.136. The Bertz CT molecular complexity index is 707. The molecule has 0 saturated carbocycles. The van der Waals surface area contributed by atoms with E-state index in [1.165, 1.54) is 11.1 Å². The van der Waals surface area contributed by atoms with Gasteiger partial charge in [0.1, 0.15) is 5.75 Å². The minimum atomic E-state index is 0.180. The topological polar surface area (TPSA) is 66.0 Å². The lowest BCUT2D eigenvalue weighted by Crippen LogP contribution is -2.50. The summed E-state index contributed by atoms with van der Waals surface area (Å²) in [6.45, 7) is 7.52. The number of hydrogen-bond acceptors (Lipinski definition) is 3. The maximum atomic E-state index is 12.6. The summed E-state index contributed by atoms with van der Waals surface area (Å²) in [7, 11) is 1.81. The van der Waals surface area contributed by atoms with Gasteiger partial charge in [-0.05, 0) is 49.3 Å². The monoisotopic (exact) mass is 400 g/mol. The van der Waals surface area contributed by atoms with Crippen LogP contribution in [0.25, 0.3) is 0 Å². The summed E-state index contributed by atoms with van der Waals surface area (Å²) in [4.78, 5) is 19.0. The molecule has 2 heterocycles. The summed E-state index contributed by atoms with van der Waals surface area (Å²) in [5, 5.41) is 6.96. The molecule has 1 aromatic rings. The Morgan fingerprint density at radius 3 is 2.72 bits per heavy atom. The second-order valence-electron chi connectivity index (χ2n) is 8.05. The van der Waals surface area contributed by atoms with E-state index < -0.39 is 0 Å². The van der Waals surface area contributed by atoms with E-state index in [0.717, 1.165) is 76.5 Å². The fourth-order valence-corrected chi connectivity index (χ4v) is 4.25. The first-order valence-corrected chi connectivity index (χ1v) is 11.1. The minimum Gasteiger partial charge on any atom is -0.493 e. The number of likely N-dealkylation sites (tertiary alicyclic amines) is 1. The van der Waals surface area contributed by atoms with Gasteiger partial charge in [-0.2, -0.15) is 0 Å². The van der Waals surface area contributed by atoms with E-state index in [1.807, 2.05) is 11.9 Å². The first-order chi connectivity index (χ1) is 14.1. The molecule has 0 unspecified atom stereocenters. The molecule has 2 aliphatic heterocycles. The van der Waals surface area contributed by atoms with Crippen molar-refractivity contribution in [3.63, 3.8) is 0 Å². The zero-order valence-corrected chi connectivity index (χ0v) is 18.2. The number of piperidine rings is 1. The van der Waals surface area contributed by atoms with Crippen LogP contribution < -0.4 is 15.4 Å². The van der Waals surface area contributed by atoms with Crippen molar-refractivity contribution in [1.29, 1.82) is 0 Å². The van der Waals surface area contributed by atoms with E-state index in [4.69, 9.17) is 4.74 Å². The number of hydrogen-bond donors (Lipinski definition) is 2. The van der Waals surface area contributed by atoms with Gasteiger partial charge in [-0.15, -0.1) is 0 Å². The third-order valence-corrected chi connectivity index (χ3v) is 6.17.